The monoisotopic (exact) mass is 403 g/mol. The highest BCUT2D eigenvalue weighted by molar-refractivity contribution is 5.87. The zero-order valence-corrected chi connectivity index (χ0v) is 17.0. The zero-order chi connectivity index (χ0) is 21.1. The van der Waals surface area contributed by atoms with Crippen molar-refractivity contribution in [3.05, 3.63) is 65.4 Å². The van der Waals surface area contributed by atoms with Gasteiger partial charge in [-0.1, -0.05) is 53.7 Å². The summed E-state index contributed by atoms with van der Waals surface area (Å²) in [5.74, 6) is 0.525. The third-order valence-corrected chi connectivity index (χ3v) is 5.62. The van der Waals surface area contributed by atoms with Crippen molar-refractivity contribution in [1.29, 1.82) is 5.53 Å². The molecule has 4 rings (SSSR count). The lowest BCUT2D eigenvalue weighted by atomic mass is 9.93. The third-order valence-electron chi connectivity index (χ3n) is 5.62. The molecule has 0 radical (unpaired) electrons. The Morgan fingerprint density at radius 2 is 1.73 bits per heavy atom. The molecule has 7 heteroatoms. The number of aromatic nitrogens is 1. The van der Waals surface area contributed by atoms with E-state index in [2.05, 4.69) is 15.2 Å². The van der Waals surface area contributed by atoms with Crippen LogP contribution in [0.1, 0.15) is 36.6 Å². The molecule has 0 saturated heterocycles. The molecule has 0 amide bonds. The molecule has 7 nitrogen and oxygen atoms in total. The number of hydrogen-bond acceptors (Lipinski definition) is 6. The van der Waals surface area contributed by atoms with Gasteiger partial charge in [-0.3, -0.25) is 4.79 Å². The van der Waals surface area contributed by atoms with Crippen LogP contribution in [0.3, 0.4) is 0 Å². The lowest BCUT2D eigenvalue weighted by Crippen LogP contribution is -2.23. The minimum Gasteiger partial charge on any atom is -0.465 e. The van der Waals surface area contributed by atoms with Gasteiger partial charge in [-0.15, -0.1) is 0 Å². The van der Waals surface area contributed by atoms with Gasteiger partial charge in [0.25, 0.3) is 0 Å². The highest BCUT2D eigenvalue weighted by Crippen LogP contribution is 2.49. The molecular weight excluding hydrogens is 380 g/mol. The number of esters is 1. The molecule has 1 N–H and O–H groups in total. The largest absolute Gasteiger partial charge is 0.465 e. The summed E-state index contributed by atoms with van der Waals surface area (Å²) in [6.45, 7) is 4.35. The number of rotatable bonds is 7. The molecule has 1 saturated carbocycles. The molecule has 0 spiro atoms. The van der Waals surface area contributed by atoms with Gasteiger partial charge in [0.15, 0.2) is 12.3 Å². The van der Waals surface area contributed by atoms with Crippen LogP contribution in [0.5, 0.6) is 0 Å². The fraction of sp³-hybridized carbons (Fsp3) is 0.304. The van der Waals surface area contributed by atoms with E-state index >= 15 is 0 Å². The molecule has 0 aliphatic heterocycles. The first kappa shape index (κ1) is 19.7. The van der Waals surface area contributed by atoms with Crippen molar-refractivity contribution in [3.63, 3.8) is 0 Å². The van der Waals surface area contributed by atoms with Gasteiger partial charge in [-0.2, -0.15) is 0 Å². The normalized spacial score (nSPS) is 14.1. The molecule has 2 aromatic carbocycles. The fourth-order valence-corrected chi connectivity index (χ4v) is 3.71. The summed E-state index contributed by atoms with van der Waals surface area (Å²) in [4.78, 5) is 15.4. The van der Waals surface area contributed by atoms with E-state index in [4.69, 9.17) is 14.8 Å². The second kappa shape index (κ2) is 8.05. The van der Waals surface area contributed by atoms with Crippen LogP contribution < -0.4 is 4.91 Å². The van der Waals surface area contributed by atoms with E-state index in [1.165, 1.54) is 0 Å². The number of carbonyl (C=O) groups is 1. The van der Waals surface area contributed by atoms with Gasteiger partial charge in [0.1, 0.15) is 10.6 Å². The molecule has 0 bridgehead atoms. The molecule has 30 heavy (non-hydrogen) atoms. The predicted molar refractivity (Wildman–Crippen MR) is 111 cm³/mol. The lowest BCUT2D eigenvalue weighted by molar-refractivity contribution is -0.146. The first-order valence-electron chi connectivity index (χ1n) is 9.96. The molecule has 1 fully saturated rings. The Labute approximate surface area is 174 Å². The van der Waals surface area contributed by atoms with Crippen molar-refractivity contribution in [1.82, 2.24) is 10.1 Å². The Bertz CT molecular complexity index is 1110. The molecule has 152 valence electrons. The number of aryl methyl sites for hydroxylation is 1. The van der Waals surface area contributed by atoms with Gasteiger partial charge in [0.05, 0.1) is 23.3 Å². The topological polar surface area (TPSA) is 103 Å². The first-order chi connectivity index (χ1) is 14.6. The molecule has 0 unspecified atom stereocenters. The summed E-state index contributed by atoms with van der Waals surface area (Å²) in [7, 11) is 0. The van der Waals surface area contributed by atoms with Crippen molar-refractivity contribution >= 4 is 5.97 Å². The molecule has 1 aliphatic carbocycles. The van der Waals surface area contributed by atoms with E-state index in [-0.39, 0.29) is 12.5 Å². The Morgan fingerprint density at radius 3 is 2.30 bits per heavy atom. The second-order valence-corrected chi connectivity index (χ2v) is 7.43. The summed E-state index contributed by atoms with van der Waals surface area (Å²) in [6, 6.07) is 16.1. The maximum absolute atomic E-state index is 12.3. The van der Waals surface area contributed by atoms with Crippen molar-refractivity contribution in [2.45, 2.75) is 38.6 Å². The highest BCUT2D eigenvalue weighted by Gasteiger charge is 2.52. The summed E-state index contributed by atoms with van der Waals surface area (Å²) in [5, 5.41) is 7.76. The lowest BCUT2D eigenvalue weighted by Gasteiger charge is -2.14. The van der Waals surface area contributed by atoms with E-state index in [0.29, 0.717) is 12.4 Å². The van der Waals surface area contributed by atoms with Gasteiger partial charge in [0, 0.05) is 5.56 Å². The number of nitrogens with one attached hydrogen (secondary N) is 1. The first-order valence-corrected chi connectivity index (χ1v) is 9.96. The van der Waals surface area contributed by atoms with Crippen molar-refractivity contribution in [2.75, 3.05) is 6.61 Å². The van der Waals surface area contributed by atoms with E-state index in [9.17, 15) is 4.79 Å². The van der Waals surface area contributed by atoms with Crippen LogP contribution in [-0.4, -0.2) is 17.7 Å². The van der Waals surface area contributed by atoms with E-state index in [1.807, 2.05) is 62.4 Å². The van der Waals surface area contributed by atoms with Gasteiger partial charge in [-0.05, 0) is 43.4 Å². The van der Waals surface area contributed by atoms with Gasteiger partial charge in [0.2, 0.25) is 4.91 Å². The van der Waals surface area contributed by atoms with Crippen molar-refractivity contribution in [2.24, 2.45) is 5.11 Å². The van der Waals surface area contributed by atoms with Gasteiger partial charge < -0.3 is 9.26 Å². The van der Waals surface area contributed by atoms with Crippen LogP contribution >= 0.6 is 0 Å². The smallest absolute Gasteiger partial charge is 0.316 e. The third kappa shape index (κ3) is 3.55. The Balaban J connectivity index is 1.56. The summed E-state index contributed by atoms with van der Waals surface area (Å²) in [6.07, 6.45) is 1.69. The van der Waals surface area contributed by atoms with Crippen molar-refractivity contribution < 1.29 is 14.1 Å². The molecule has 3 aromatic rings. The van der Waals surface area contributed by atoms with E-state index < -0.39 is 5.41 Å². The van der Waals surface area contributed by atoms with Gasteiger partial charge >= 0.3 is 5.97 Å². The molecule has 1 aliphatic rings. The molecule has 0 atom stereocenters. The zero-order valence-electron chi connectivity index (χ0n) is 17.0. The number of hydrogen-bond donors (Lipinski definition) is 1. The van der Waals surface area contributed by atoms with Gasteiger partial charge in [-0.25, -0.2) is 0 Å². The van der Waals surface area contributed by atoms with Crippen LogP contribution in [0.4, 0.5) is 0 Å². The fourth-order valence-electron chi connectivity index (χ4n) is 3.71. The average molecular weight is 403 g/mol. The molecule has 1 heterocycles. The Hall–Kier alpha value is -3.57. The highest BCUT2D eigenvalue weighted by atomic mass is 16.5. The van der Waals surface area contributed by atoms with Crippen LogP contribution in [0.25, 0.3) is 22.5 Å². The average Bonchev–Trinajstić information content (AvgIpc) is 3.51. The summed E-state index contributed by atoms with van der Waals surface area (Å²) in [5.41, 5.74) is 12.0. The number of ether oxygens (including phenoxy) is 1. The van der Waals surface area contributed by atoms with Crippen LogP contribution in [0, 0.1) is 12.5 Å². The second-order valence-electron chi connectivity index (χ2n) is 7.43. The van der Waals surface area contributed by atoms with Crippen LogP contribution in [-0.2, 0) is 21.5 Å². The minimum absolute atomic E-state index is 0.120. The standard InChI is InChI=1S/C23H23N4O3/c1-3-29-22(28)23(12-13-23)19-10-8-17(9-11-19)16-4-6-18(7-5-16)21-20(14-25-27-24)15(2)26-30-21/h4-11,24H,3,12-14H2,1-2H3/q+1. The molecule has 1 aromatic heterocycles. The minimum atomic E-state index is -0.449. The summed E-state index contributed by atoms with van der Waals surface area (Å²) < 4.78 is 10.7. The van der Waals surface area contributed by atoms with E-state index in [0.717, 1.165) is 46.4 Å². The maximum atomic E-state index is 12.3. The summed E-state index contributed by atoms with van der Waals surface area (Å²) >= 11 is 0. The number of carbonyl (C=O) groups excluding carboxylic acids is 1. The SMILES string of the molecule is CCOC(=O)C1(c2ccc(-c3ccc(-c4onc(C)c4CN=[N+]=N)cc3)cc2)CC1. The number of benzene rings is 2. The maximum Gasteiger partial charge on any atom is 0.316 e. The van der Waals surface area contributed by atoms with Crippen LogP contribution in [0.2, 0.25) is 0 Å². The number of nitrogens with zero attached hydrogens (tertiary/aromatic N) is 3. The Kier molecular flexibility index (Phi) is 5.29. The molecular formula is C23H23N4O3+. The Morgan fingerprint density at radius 1 is 1.13 bits per heavy atom. The quantitative estimate of drug-likeness (QED) is 0.342. The predicted octanol–water partition coefficient (Wildman–Crippen LogP) is 4.96. The van der Waals surface area contributed by atoms with E-state index in [1.54, 1.807) is 0 Å². The van der Waals surface area contributed by atoms with Crippen molar-refractivity contribution in [3.8, 4) is 22.5 Å². The van der Waals surface area contributed by atoms with Crippen LogP contribution in [0.15, 0.2) is 58.2 Å².